The first-order chi connectivity index (χ1) is 11.6. The Labute approximate surface area is 149 Å². The molecule has 2 unspecified atom stereocenters. The summed E-state index contributed by atoms with van der Waals surface area (Å²) >= 11 is 5.86. The Morgan fingerprint density at radius 2 is 1.75 bits per heavy atom. The molecule has 0 spiro atoms. The summed E-state index contributed by atoms with van der Waals surface area (Å²) < 4.78 is 5.65. The zero-order valence-electron chi connectivity index (χ0n) is 14.4. The van der Waals surface area contributed by atoms with Crippen molar-refractivity contribution in [1.29, 1.82) is 0 Å². The van der Waals surface area contributed by atoms with Gasteiger partial charge in [0.25, 0.3) is 0 Å². The number of hydrogen-bond donors (Lipinski definition) is 1. The van der Waals surface area contributed by atoms with Crippen molar-refractivity contribution < 1.29 is 9.84 Å². The van der Waals surface area contributed by atoms with Crippen LogP contribution in [0.4, 0.5) is 0 Å². The minimum atomic E-state index is -0.543. The van der Waals surface area contributed by atoms with Gasteiger partial charge in [-0.15, -0.1) is 0 Å². The van der Waals surface area contributed by atoms with E-state index < -0.39 is 6.10 Å². The molecule has 0 saturated carbocycles. The molecular formula is C20H26ClNO2. The third-order valence-corrected chi connectivity index (χ3v) is 4.40. The highest BCUT2D eigenvalue weighted by Gasteiger charge is 2.17. The summed E-state index contributed by atoms with van der Waals surface area (Å²) in [6.07, 6.45) is 0.496. The molecule has 0 saturated heterocycles. The third-order valence-electron chi connectivity index (χ3n) is 4.14. The van der Waals surface area contributed by atoms with Gasteiger partial charge in [0.1, 0.15) is 18.5 Å². The molecule has 0 fully saturated rings. The van der Waals surface area contributed by atoms with Crippen molar-refractivity contribution in [3.05, 3.63) is 65.2 Å². The molecule has 0 radical (unpaired) electrons. The molecule has 0 aliphatic rings. The molecule has 2 aromatic rings. The maximum atomic E-state index is 10.4. The van der Waals surface area contributed by atoms with Crippen LogP contribution in [0.25, 0.3) is 0 Å². The van der Waals surface area contributed by atoms with Crippen LogP contribution in [0.15, 0.2) is 54.6 Å². The third kappa shape index (κ3) is 6.16. The number of aliphatic hydroxyl groups excluding tert-OH is 1. The van der Waals surface area contributed by atoms with E-state index in [2.05, 4.69) is 30.9 Å². The second kappa shape index (κ2) is 9.67. The molecule has 1 N–H and O–H groups in total. The van der Waals surface area contributed by atoms with Gasteiger partial charge in [0.05, 0.1) is 0 Å². The van der Waals surface area contributed by atoms with Gasteiger partial charge in [-0.3, -0.25) is 4.90 Å². The van der Waals surface area contributed by atoms with Gasteiger partial charge in [0, 0.05) is 24.2 Å². The van der Waals surface area contributed by atoms with Gasteiger partial charge in [-0.25, -0.2) is 0 Å². The summed E-state index contributed by atoms with van der Waals surface area (Å²) in [4.78, 5) is 2.30. The van der Waals surface area contributed by atoms with Crippen LogP contribution in [0.5, 0.6) is 5.75 Å². The van der Waals surface area contributed by atoms with Gasteiger partial charge < -0.3 is 9.84 Å². The number of benzene rings is 2. The van der Waals surface area contributed by atoms with Crippen LogP contribution >= 0.6 is 11.6 Å². The average Bonchev–Trinajstić information content (AvgIpc) is 2.61. The van der Waals surface area contributed by atoms with Crippen LogP contribution in [0.2, 0.25) is 5.02 Å². The van der Waals surface area contributed by atoms with E-state index in [4.69, 9.17) is 16.3 Å². The van der Waals surface area contributed by atoms with Gasteiger partial charge in [0.2, 0.25) is 0 Å². The fraction of sp³-hybridized carbons (Fsp3) is 0.400. The lowest BCUT2D eigenvalue weighted by Crippen LogP contribution is -2.40. The highest BCUT2D eigenvalue weighted by atomic mass is 35.5. The molecule has 0 aliphatic carbocycles. The van der Waals surface area contributed by atoms with E-state index in [9.17, 15) is 5.11 Å². The molecule has 2 atom stereocenters. The van der Waals surface area contributed by atoms with Crippen molar-refractivity contribution in [2.45, 2.75) is 39.0 Å². The number of aliphatic hydroxyl groups is 1. The maximum absolute atomic E-state index is 10.4. The first-order valence-corrected chi connectivity index (χ1v) is 8.80. The van der Waals surface area contributed by atoms with Crippen LogP contribution in [0, 0.1) is 0 Å². The number of nitrogens with zero attached hydrogens (tertiary/aromatic N) is 1. The number of halogens is 1. The largest absolute Gasteiger partial charge is 0.491 e. The summed E-state index contributed by atoms with van der Waals surface area (Å²) in [5.74, 6) is 0.719. The van der Waals surface area contributed by atoms with Gasteiger partial charge >= 0.3 is 0 Å². The lowest BCUT2D eigenvalue weighted by atomic mass is 10.1. The molecule has 0 aromatic heterocycles. The van der Waals surface area contributed by atoms with Gasteiger partial charge in [-0.2, -0.15) is 0 Å². The minimum Gasteiger partial charge on any atom is -0.491 e. The molecule has 0 aliphatic heterocycles. The quantitative estimate of drug-likeness (QED) is 0.730. The van der Waals surface area contributed by atoms with Crippen molar-refractivity contribution in [2.24, 2.45) is 0 Å². The van der Waals surface area contributed by atoms with Crippen LogP contribution in [-0.4, -0.2) is 35.3 Å². The first kappa shape index (κ1) is 18.8. The fourth-order valence-corrected chi connectivity index (χ4v) is 2.65. The molecule has 2 aromatic carbocycles. The fourth-order valence-electron chi connectivity index (χ4n) is 2.52. The Morgan fingerprint density at radius 3 is 2.38 bits per heavy atom. The molecule has 0 bridgehead atoms. The maximum Gasteiger partial charge on any atom is 0.119 e. The highest BCUT2D eigenvalue weighted by Crippen LogP contribution is 2.16. The zero-order valence-corrected chi connectivity index (χ0v) is 15.1. The van der Waals surface area contributed by atoms with Crippen LogP contribution in [0.1, 0.15) is 25.8 Å². The van der Waals surface area contributed by atoms with Crippen LogP contribution in [-0.2, 0) is 6.54 Å². The van der Waals surface area contributed by atoms with Crippen molar-refractivity contribution >= 4 is 11.6 Å². The van der Waals surface area contributed by atoms with Crippen molar-refractivity contribution in [3.8, 4) is 5.75 Å². The zero-order chi connectivity index (χ0) is 17.4. The minimum absolute atomic E-state index is 0.267. The van der Waals surface area contributed by atoms with E-state index in [1.165, 1.54) is 5.56 Å². The number of rotatable bonds is 9. The summed E-state index contributed by atoms with van der Waals surface area (Å²) in [6.45, 7) is 6.03. The van der Waals surface area contributed by atoms with E-state index in [-0.39, 0.29) is 6.61 Å². The smallest absolute Gasteiger partial charge is 0.119 e. The summed E-state index contributed by atoms with van der Waals surface area (Å²) in [7, 11) is 0. The monoisotopic (exact) mass is 347 g/mol. The van der Waals surface area contributed by atoms with Gasteiger partial charge in [-0.1, -0.05) is 48.9 Å². The van der Waals surface area contributed by atoms with E-state index >= 15 is 0 Å². The van der Waals surface area contributed by atoms with Crippen LogP contribution in [0.3, 0.4) is 0 Å². The lowest BCUT2D eigenvalue weighted by Gasteiger charge is -2.30. The number of hydrogen-bond acceptors (Lipinski definition) is 3. The molecule has 4 heteroatoms. The molecule has 0 heterocycles. The van der Waals surface area contributed by atoms with E-state index in [1.54, 1.807) is 12.1 Å². The van der Waals surface area contributed by atoms with Crippen molar-refractivity contribution in [1.82, 2.24) is 4.90 Å². The average molecular weight is 348 g/mol. The summed E-state index contributed by atoms with van der Waals surface area (Å²) in [6, 6.07) is 17.9. The molecule has 24 heavy (non-hydrogen) atoms. The Hall–Kier alpha value is -1.55. The van der Waals surface area contributed by atoms with E-state index in [0.717, 1.165) is 18.7 Å². The molecular weight excluding hydrogens is 322 g/mol. The Kier molecular flexibility index (Phi) is 7.57. The standard InChI is InChI=1S/C20H26ClNO2/c1-3-16(2)22(13-17-7-5-4-6-8-17)14-19(23)15-24-20-11-9-18(21)10-12-20/h4-12,16,19,23H,3,13-15H2,1-2H3. The molecule has 0 amide bonds. The van der Waals surface area contributed by atoms with E-state index in [1.807, 2.05) is 30.3 Å². The summed E-state index contributed by atoms with van der Waals surface area (Å²) in [5, 5.41) is 11.0. The summed E-state index contributed by atoms with van der Waals surface area (Å²) in [5.41, 5.74) is 1.25. The second-order valence-corrected chi connectivity index (χ2v) is 6.53. The van der Waals surface area contributed by atoms with Gasteiger partial charge in [-0.05, 0) is 43.2 Å². The van der Waals surface area contributed by atoms with Gasteiger partial charge in [0.15, 0.2) is 0 Å². The Balaban J connectivity index is 1.89. The second-order valence-electron chi connectivity index (χ2n) is 6.09. The van der Waals surface area contributed by atoms with Crippen molar-refractivity contribution in [2.75, 3.05) is 13.2 Å². The first-order valence-electron chi connectivity index (χ1n) is 8.43. The highest BCUT2D eigenvalue weighted by molar-refractivity contribution is 6.30. The Bertz CT molecular complexity index is 588. The SMILES string of the molecule is CCC(C)N(Cc1ccccc1)CC(O)COc1ccc(Cl)cc1. The van der Waals surface area contributed by atoms with E-state index in [0.29, 0.717) is 17.6 Å². The normalized spacial score (nSPS) is 13.7. The lowest BCUT2D eigenvalue weighted by molar-refractivity contribution is 0.0506. The molecule has 3 nitrogen and oxygen atoms in total. The predicted molar refractivity (Wildman–Crippen MR) is 99.6 cm³/mol. The number of ether oxygens (including phenoxy) is 1. The predicted octanol–water partition coefficient (Wildman–Crippen LogP) is 4.38. The topological polar surface area (TPSA) is 32.7 Å². The van der Waals surface area contributed by atoms with Crippen LogP contribution < -0.4 is 4.74 Å². The van der Waals surface area contributed by atoms with Crippen molar-refractivity contribution in [3.63, 3.8) is 0 Å². The Morgan fingerprint density at radius 1 is 1.08 bits per heavy atom. The molecule has 2 rings (SSSR count). The molecule has 130 valence electrons.